The summed E-state index contributed by atoms with van der Waals surface area (Å²) < 4.78 is 11.9. The average Bonchev–Trinajstić information content (AvgIpc) is 3.23. The number of amides is 2. The van der Waals surface area contributed by atoms with Crippen molar-refractivity contribution in [2.75, 3.05) is 31.1 Å². The number of hydrogen-bond donors (Lipinski definition) is 1. The van der Waals surface area contributed by atoms with Crippen molar-refractivity contribution in [3.8, 4) is 11.5 Å². The van der Waals surface area contributed by atoms with Crippen LogP contribution in [0.4, 0.5) is 5.69 Å². The second-order valence-electron chi connectivity index (χ2n) is 5.29. The summed E-state index contributed by atoms with van der Waals surface area (Å²) >= 11 is 0. The van der Waals surface area contributed by atoms with Crippen molar-refractivity contribution in [2.24, 2.45) is 5.92 Å². The van der Waals surface area contributed by atoms with E-state index in [0.717, 1.165) is 0 Å². The Kier molecular flexibility index (Phi) is 4.32. The highest BCUT2D eigenvalue weighted by atomic mass is 16.5. The van der Waals surface area contributed by atoms with Crippen LogP contribution >= 0.6 is 0 Å². The number of nitrogens with zero attached hydrogens (tertiary/aromatic N) is 4. The number of methoxy groups -OCH3 is 2. The summed E-state index contributed by atoms with van der Waals surface area (Å²) in [5.74, 6) is 0.258. The first-order valence-electron chi connectivity index (χ1n) is 7.30. The van der Waals surface area contributed by atoms with Gasteiger partial charge in [0, 0.05) is 19.0 Å². The summed E-state index contributed by atoms with van der Waals surface area (Å²) in [5, 5.41) is 7.22. The molecular weight excluding hydrogens is 314 g/mol. The Morgan fingerprint density at radius 1 is 1.25 bits per heavy atom. The number of hydrogen-bond acceptors (Lipinski definition) is 6. The van der Waals surface area contributed by atoms with Crippen LogP contribution in [0.2, 0.25) is 0 Å². The van der Waals surface area contributed by atoms with Crippen molar-refractivity contribution in [3.05, 3.63) is 30.9 Å². The van der Waals surface area contributed by atoms with Gasteiger partial charge in [-0.3, -0.25) is 15.0 Å². The van der Waals surface area contributed by atoms with Crippen molar-refractivity contribution < 1.29 is 19.1 Å². The zero-order chi connectivity index (χ0) is 17.1. The quantitative estimate of drug-likeness (QED) is 0.852. The number of carbonyl (C=O) groups excluding carboxylic acids is 2. The van der Waals surface area contributed by atoms with Crippen LogP contribution in [0.5, 0.6) is 11.5 Å². The lowest BCUT2D eigenvalue weighted by atomic mass is 10.1. The first-order valence-corrected chi connectivity index (χ1v) is 7.30. The maximum Gasteiger partial charge on any atom is 0.244 e. The zero-order valence-corrected chi connectivity index (χ0v) is 13.3. The summed E-state index contributed by atoms with van der Waals surface area (Å²) in [6.45, 7) is 0.260. The molecule has 1 saturated heterocycles. The SMILES string of the molecule is COc1ccc(OC)c(N2C[C@H](C(=O)Nn3cnnc3)CC2=O)c1. The summed E-state index contributed by atoms with van der Waals surface area (Å²) in [6, 6.07) is 5.20. The molecule has 0 spiro atoms. The van der Waals surface area contributed by atoms with E-state index in [2.05, 4.69) is 15.6 Å². The Morgan fingerprint density at radius 2 is 2.00 bits per heavy atom. The van der Waals surface area contributed by atoms with E-state index in [4.69, 9.17) is 9.47 Å². The minimum atomic E-state index is -0.476. The lowest BCUT2D eigenvalue weighted by Gasteiger charge is -2.20. The molecule has 9 nitrogen and oxygen atoms in total. The third kappa shape index (κ3) is 3.00. The van der Waals surface area contributed by atoms with E-state index in [0.29, 0.717) is 17.2 Å². The molecule has 2 heterocycles. The van der Waals surface area contributed by atoms with Crippen LogP contribution in [-0.4, -0.2) is 47.5 Å². The molecule has 3 rings (SSSR count). The predicted molar refractivity (Wildman–Crippen MR) is 84.4 cm³/mol. The first-order chi connectivity index (χ1) is 11.6. The molecule has 2 aromatic rings. The molecule has 0 bridgehead atoms. The molecule has 1 fully saturated rings. The van der Waals surface area contributed by atoms with Crippen molar-refractivity contribution in [2.45, 2.75) is 6.42 Å². The van der Waals surface area contributed by atoms with E-state index >= 15 is 0 Å². The summed E-state index contributed by atoms with van der Waals surface area (Å²) in [7, 11) is 3.08. The highest BCUT2D eigenvalue weighted by molar-refractivity contribution is 6.02. The number of carbonyl (C=O) groups is 2. The van der Waals surface area contributed by atoms with Crippen molar-refractivity contribution in [1.82, 2.24) is 14.9 Å². The van der Waals surface area contributed by atoms with Crippen LogP contribution in [-0.2, 0) is 9.59 Å². The van der Waals surface area contributed by atoms with Gasteiger partial charge in [-0.15, -0.1) is 10.2 Å². The highest BCUT2D eigenvalue weighted by Crippen LogP contribution is 2.36. The van der Waals surface area contributed by atoms with E-state index in [-0.39, 0.29) is 24.8 Å². The van der Waals surface area contributed by atoms with Crippen LogP contribution in [0, 0.1) is 5.92 Å². The van der Waals surface area contributed by atoms with Crippen LogP contribution in [0.1, 0.15) is 6.42 Å². The van der Waals surface area contributed by atoms with Crippen molar-refractivity contribution in [1.29, 1.82) is 0 Å². The Labute approximate surface area is 138 Å². The van der Waals surface area contributed by atoms with Gasteiger partial charge in [0.15, 0.2) is 0 Å². The van der Waals surface area contributed by atoms with E-state index in [1.165, 1.54) is 29.3 Å². The van der Waals surface area contributed by atoms with E-state index in [1.54, 1.807) is 25.3 Å². The molecular formula is C15H17N5O4. The Bertz CT molecular complexity index is 746. The molecule has 0 unspecified atom stereocenters. The molecule has 24 heavy (non-hydrogen) atoms. The molecule has 1 N–H and O–H groups in total. The van der Waals surface area contributed by atoms with Gasteiger partial charge in [-0.2, -0.15) is 0 Å². The van der Waals surface area contributed by atoms with Gasteiger partial charge in [-0.25, -0.2) is 4.68 Å². The van der Waals surface area contributed by atoms with E-state index in [9.17, 15) is 9.59 Å². The maximum absolute atomic E-state index is 12.4. The van der Waals surface area contributed by atoms with E-state index in [1.807, 2.05) is 0 Å². The fourth-order valence-corrected chi connectivity index (χ4v) is 2.60. The molecule has 0 saturated carbocycles. The van der Waals surface area contributed by atoms with Gasteiger partial charge in [-0.1, -0.05) is 0 Å². The number of nitrogens with one attached hydrogen (secondary N) is 1. The lowest BCUT2D eigenvalue weighted by molar-refractivity contribution is -0.123. The highest BCUT2D eigenvalue weighted by Gasteiger charge is 2.36. The second kappa shape index (κ2) is 6.57. The molecule has 126 valence electrons. The monoisotopic (exact) mass is 331 g/mol. The van der Waals surface area contributed by atoms with Gasteiger partial charge in [0.2, 0.25) is 11.8 Å². The Morgan fingerprint density at radius 3 is 2.67 bits per heavy atom. The molecule has 1 aromatic carbocycles. The van der Waals surface area contributed by atoms with Gasteiger partial charge in [0.25, 0.3) is 0 Å². The fourth-order valence-electron chi connectivity index (χ4n) is 2.60. The number of anilines is 1. The standard InChI is InChI=1S/C15H17N5O4/c1-23-11-3-4-13(24-2)12(6-11)20-7-10(5-14(20)21)15(22)18-19-8-16-17-9-19/h3-4,6,8-10H,5,7H2,1-2H3,(H,18,22)/t10-/m1/s1. The smallest absolute Gasteiger partial charge is 0.244 e. The fraction of sp³-hybridized carbons (Fsp3) is 0.333. The molecule has 1 aliphatic rings. The van der Waals surface area contributed by atoms with Crippen LogP contribution < -0.4 is 19.8 Å². The van der Waals surface area contributed by atoms with Crippen molar-refractivity contribution in [3.63, 3.8) is 0 Å². The third-order valence-electron chi connectivity index (χ3n) is 3.83. The summed E-state index contributed by atoms with van der Waals surface area (Å²) in [5.41, 5.74) is 3.21. The lowest BCUT2D eigenvalue weighted by Crippen LogP contribution is -2.31. The first kappa shape index (κ1) is 15.8. The second-order valence-corrected chi connectivity index (χ2v) is 5.29. The molecule has 1 aromatic heterocycles. The third-order valence-corrected chi connectivity index (χ3v) is 3.83. The zero-order valence-electron chi connectivity index (χ0n) is 13.3. The van der Waals surface area contributed by atoms with Gasteiger partial charge in [0.1, 0.15) is 24.2 Å². The minimum absolute atomic E-state index is 0.119. The Balaban J connectivity index is 1.78. The molecule has 1 atom stereocenters. The van der Waals surface area contributed by atoms with Gasteiger partial charge < -0.3 is 14.4 Å². The van der Waals surface area contributed by atoms with Crippen LogP contribution in [0.25, 0.3) is 0 Å². The molecule has 2 amide bonds. The normalized spacial score (nSPS) is 17.0. The van der Waals surface area contributed by atoms with Gasteiger partial charge in [0.05, 0.1) is 25.8 Å². The average molecular weight is 331 g/mol. The summed E-state index contributed by atoms with van der Waals surface area (Å²) in [6.07, 6.45) is 2.86. The summed E-state index contributed by atoms with van der Waals surface area (Å²) in [4.78, 5) is 26.2. The Hall–Kier alpha value is -3.10. The number of ether oxygens (including phenoxy) is 2. The van der Waals surface area contributed by atoms with Crippen LogP contribution in [0.15, 0.2) is 30.9 Å². The molecule has 0 radical (unpaired) electrons. The van der Waals surface area contributed by atoms with Gasteiger partial charge >= 0.3 is 0 Å². The molecule has 0 aliphatic carbocycles. The molecule has 9 heteroatoms. The van der Waals surface area contributed by atoms with Gasteiger partial charge in [-0.05, 0) is 12.1 Å². The number of aromatic nitrogens is 3. The maximum atomic E-state index is 12.4. The topological polar surface area (TPSA) is 98.6 Å². The minimum Gasteiger partial charge on any atom is -0.497 e. The number of rotatable bonds is 5. The predicted octanol–water partition coefficient (Wildman–Crippen LogP) is 0.418. The number of benzene rings is 1. The van der Waals surface area contributed by atoms with Crippen LogP contribution in [0.3, 0.4) is 0 Å². The largest absolute Gasteiger partial charge is 0.497 e. The van der Waals surface area contributed by atoms with Crippen molar-refractivity contribution >= 4 is 17.5 Å². The molecule has 1 aliphatic heterocycles. The van der Waals surface area contributed by atoms with E-state index < -0.39 is 5.92 Å².